The van der Waals surface area contributed by atoms with Crippen LogP contribution in [0.4, 0.5) is 17.1 Å². The van der Waals surface area contributed by atoms with Crippen molar-refractivity contribution in [2.75, 3.05) is 11.9 Å². The standard InChI is InChI=1S/C39H23N3O4/c1-41-37(43)31-16-14-28-26-8-5-9-30-33(19-18-27(34(26)30)29-15-17-32(38(41)44)36(31)35(28)29)42(24-6-3-2-4-7-24)25-12-10-22(11-13-25)20-23(21-40)39(45)46/h2-20H,1H3,(H,45,46)/b23-20+. The van der Waals surface area contributed by atoms with Crippen molar-refractivity contribution in [3.63, 3.8) is 0 Å². The minimum atomic E-state index is -1.27. The molecule has 0 saturated carbocycles. The lowest BCUT2D eigenvalue weighted by Crippen LogP contribution is -2.36. The van der Waals surface area contributed by atoms with E-state index in [4.69, 9.17) is 0 Å². The summed E-state index contributed by atoms with van der Waals surface area (Å²) in [6.07, 6.45) is 1.36. The molecular weight excluding hydrogens is 574 g/mol. The fourth-order valence-corrected chi connectivity index (χ4v) is 6.82. The first kappa shape index (κ1) is 27.1. The molecule has 0 fully saturated rings. The Kier molecular flexibility index (Phi) is 5.89. The van der Waals surface area contributed by atoms with Gasteiger partial charge in [0, 0.05) is 40.3 Å². The number of para-hydroxylation sites is 1. The van der Waals surface area contributed by atoms with Crippen LogP contribution >= 0.6 is 0 Å². The normalized spacial score (nSPS) is 13.2. The molecule has 1 N–H and O–H groups in total. The zero-order valence-corrected chi connectivity index (χ0v) is 24.5. The lowest BCUT2D eigenvalue weighted by Gasteiger charge is -2.28. The molecule has 0 aliphatic carbocycles. The zero-order chi connectivity index (χ0) is 31.7. The third-order valence-corrected chi connectivity index (χ3v) is 8.90. The second kappa shape index (κ2) is 10.0. The Morgan fingerprint density at radius 3 is 1.87 bits per heavy atom. The summed E-state index contributed by atoms with van der Waals surface area (Å²) in [5.74, 6) is -1.87. The molecule has 0 bridgehead atoms. The van der Waals surface area contributed by atoms with Gasteiger partial charge in [-0.15, -0.1) is 0 Å². The van der Waals surface area contributed by atoms with E-state index in [0.717, 1.165) is 54.8 Å². The average molecular weight is 598 g/mol. The smallest absolute Gasteiger partial charge is 0.346 e. The van der Waals surface area contributed by atoms with Gasteiger partial charge in [-0.2, -0.15) is 5.26 Å². The fraction of sp³-hybridized carbons (Fsp3) is 0.0256. The molecule has 218 valence electrons. The number of carbonyl (C=O) groups is 3. The van der Waals surface area contributed by atoms with Crippen LogP contribution in [0.5, 0.6) is 0 Å². The average Bonchev–Trinajstić information content (AvgIpc) is 3.09. The first-order valence-corrected chi connectivity index (χ1v) is 14.7. The van der Waals surface area contributed by atoms with Gasteiger partial charge < -0.3 is 10.0 Å². The Bertz CT molecular complexity index is 2440. The molecule has 0 atom stereocenters. The molecule has 1 aliphatic heterocycles. The Balaban J connectivity index is 1.39. The van der Waals surface area contributed by atoms with Crippen LogP contribution in [0.1, 0.15) is 26.3 Å². The van der Waals surface area contributed by atoms with Crippen LogP contribution in [0.15, 0.2) is 115 Å². The van der Waals surface area contributed by atoms with Crippen molar-refractivity contribution in [2.45, 2.75) is 0 Å². The van der Waals surface area contributed by atoms with Crippen LogP contribution in [0, 0.1) is 11.3 Å². The molecule has 7 nitrogen and oxygen atoms in total. The number of carboxylic acid groups (broad SMARTS) is 1. The molecule has 7 aromatic carbocycles. The lowest BCUT2D eigenvalue weighted by molar-refractivity contribution is -0.132. The molecule has 1 aliphatic rings. The largest absolute Gasteiger partial charge is 0.477 e. The second-order valence-corrected chi connectivity index (χ2v) is 11.3. The van der Waals surface area contributed by atoms with Crippen molar-refractivity contribution in [3.8, 4) is 6.07 Å². The quantitative estimate of drug-likeness (QED) is 0.0703. The summed E-state index contributed by atoms with van der Waals surface area (Å²) in [4.78, 5) is 41.0. The number of nitriles is 1. The highest BCUT2D eigenvalue weighted by Gasteiger charge is 2.32. The first-order chi connectivity index (χ1) is 22.4. The highest BCUT2D eigenvalue weighted by Crippen LogP contribution is 2.47. The van der Waals surface area contributed by atoms with Gasteiger partial charge in [-0.25, -0.2) is 4.79 Å². The fourth-order valence-electron chi connectivity index (χ4n) is 6.82. The number of fused-ring (bicyclic) bond motifs is 2. The van der Waals surface area contributed by atoms with E-state index in [1.807, 2.05) is 72.8 Å². The van der Waals surface area contributed by atoms with Gasteiger partial charge in [-0.3, -0.25) is 14.5 Å². The minimum absolute atomic E-state index is 0.299. The monoisotopic (exact) mass is 597 g/mol. The summed E-state index contributed by atoms with van der Waals surface area (Å²) in [6.45, 7) is 0. The molecule has 7 heteroatoms. The van der Waals surface area contributed by atoms with Crippen molar-refractivity contribution in [1.82, 2.24) is 4.90 Å². The summed E-state index contributed by atoms with van der Waals surface area (Å²) in [5, 5.41) is 26.2. The van der Waals surface area contributed by atoms with Crippen molar-refractivity contribution in [3.05, 3.63) is 131 Å². The number of rotatable bonds is 5. The predicted octanol–water partition coefficient (Wildman–Crippen LogP) is 8.42. The topological polar surface area (TPSA) is 102 Å². The van der Waals surface area contributed by atoms with E-state index < -0.39 is 5.97 Å². The van der Waals surface area contributed by atoms with Crippen LogP contribution in [0.3, 0.4) is 0 Å². The van der Waals surface area contributed by atoms with Crippen LogP contribution < -0.4 is 4.90 Å². The van der Waals surface area contributed by atoms with Gasteiger partial charge >= 0.3 is 5.97 Å². The number of hydrogen-bond acceptors (Lipinski definition) is 5. The van der Waals surface area contributed by atoms with Crippen molar-refractivity contribution >= 4 is 84.0 Å². The van der Waals surface area contributed by atoms with E-state index in [1.165, 1.54) is 18.0 Å². The summed E-state index contributed by atoms with van der Waals surface area (Å²) in [5.41, 5.74) is 4.07. The van der Waals surface area contributed by atoms with Crippen LogP contribution in [0.2, 0.25) is 0 Å². The van der Waals surface area contributed by atoms with Gasteiger partial charge in [0.05, 0.1) is 5.69 Å². The second-order valence-electron chi connectivity index (χ2n) is 11.3. The molecule has 0 saturated heterocycles. The number of nitrogens with zero attached hydrogens (tertiary/aromatic N) is 3. The number of benzene rings is 7. The van der Waals surface area contributed by atoms with E-state index in [-0.39, 0.29) is 17.4 Å². The maximum atomic E-state index is 13.1. The molecule has 7 aromatic rings. The Morgan fingerprint density at radius 1 is 0.674 bits per heavy atom. The summed E-state index contributed by atoms with van der Waals surface area (Å²) in [6, 6.07) is 37.2. The predicted molar refractivity (Wildman–Crippen MR) is 180 cm³/mol. The molecule has 2 amide bonds. The Labute approximate surface area is 262 Å². The zero-order valence-electron chi connectivity index (χ0n) is 24.5. The first-order valence-electron chi connectivity index (χ1n) is 14.7. The number of amides is 2. The molecule has 0 unspecified atom stereocenters. The molecule has 1 heterocycles. The maximum absolute atomic E-state index is 13.1. The van der Waals surface area contributed by atoms with E-state index in [0.29, 0.717) is 22.1 Å². The van der Waals surface area contributed by atoms with E-state index in [1.54, 1.807) is 18.2 Å². The Morgan fingerprint density at radius 2 is 1.24 bits per heavy atom. The molecular formula is C39H23N3O4. The van der Waals surface area contributed by atoms with Crippen molar-refractivity contribution in [1.29, 1.82) is 5.26 Å². The highest BCUT2D eigenvalue weighted by atomic mass is 16.4. The van der Waals surface area contributed by atoms with Crippen LogP contribution in [0.25, 0.3) is 49.2 Å². The van der Waals surface area contributed by atoms with E-state index >= 15 is 0 Å². The third-order valence-electron chi connectivity index (χ3n) is 8.90. The third kappa shape index (κ3) is 3.81. The van der Waals surface area contributed by atoms with Gasteiger partial charge in [0.1, 0.15) is 11.6 Å². The highest BCUT2D eigenvalue weighted by molar-refractivity contribution is 6.39. The number of anilines is 3. The number of aliphatic carboxylic acids is 1. The van der Waals surface area contributed by atoms with E-state index in [2.05, 4.69) is 29.2 Å². The molecule has 0 spiro atoms. The van der Waals surface area contributed by atoms with Crippen LogP contribution in [-0.4, -0.2) is 34.8 Å². The summed E-state index contributed by atoms with van der Waals surface area (Å²) < 4.78 is 0. The number of imide groups is 1. The maximum Gasteiger partial charge on any atom is 0.346 e. The van der Waals surface area contributed by atoms with Gasteiger partial charge in [0.15, 0.2) is 0 Å². The van der Waals surface area contributed by atoms with Gasteiger partial charge in [0.2, 0.25) is 0 Å². The van der Waals surface area contributed by atoms with Crippen molar-refractivity contribution < 1.29 is 19.5 Å². The number of hydrogen-bond donors (Lipinski definition) is 1. The number of carbonyl (C=O) groups excluding carboxylic acids is 2. The van der Waals surface area contributed by atoms with Gasteiger partial charge in [0.25, 0.3) is 11.8 Å². The van der Waals surface area contributed by atoms with Crippen LogP contribution in [-0.2, 0) is 4.79 Å². The molecule has 0 radical (unpaired) electrons. The van der Waals surface area contributed by atoms with Gasteiger partial charge in [-0.1, -0.05) is 66.7 Å². The lowest BCUT2D eigenvalue weighted by atomic mass is 9.84. The summed E-state index contributed by atoms with van der Waals surface area (Å²) >= 11 is 0. The minimum Gasteiger partial charge on any atom is -0.477 e. The van der Waals surface area contributed by atoms with E-state index in [9.17, 15) is 24.8 Å². The van der Waals surface area contributed by atoms with Crippen molar-refractivity contribution in [2.24, 2.45) is 0 Å². The molecule has 0 aromatic heterocycles. The summed E-state index contributed by atoms with van der Waals surface area (Å²) in [7, 11) is 1.52. The molecule has 8 rings (SSSR count). The molecule has 46 heavy (non-hydrogen) atoms. The SMILES string of the molecule is CN1C(=O)c2ccc3c4cccc5c(N(c6ccccc6)c6ccc(/C=C(\C#N)C(=O)O)cc6)ccc(c6ccc(c2c36)C1=O)c54. The Hall–Kier alpha value is -6.52. The van der Waals surface area contributed by atoms with Gasteiger partial charge in [-0.05, 0) is 86.4 Å². The number of carboxylic acids is 1.